The third-order valence-electron chi connectivity index (χ3n) is 2.24. The van der Waals surface area contributed by atoms with E-state index in [1.165, 1.54) is 5.30 Å². The Balaban J connectivity index is 3.23. The number of benzene rings is 1. The molecule has 14 heavy (non-hydrogen) atoms. The van der Waals surface area contributed by atoms with Crippen molar-refractivity contribution in [3.63, 3.8) is 0 Å². The van der Waals surface area contributed by atoms with E-state index in [0.29, 0.717) is 0 Å². The summed E-state index contributed by atoms with van der Waals surface area (Å²) in [6.45, 7) is 6.65. The molecular formula is C11H17OPSe. The molecule has 0 amide bonds. The molecule has 0 radical (unpaired) electrons. The van der Waals surface area contributed by atoms with E-state index in [1.807, 2.05) is 6.07 Å². The summed E-state index contributed by atoms with van der Waals surface area (Å²) in [6.07, 6.45) is 0. The van der Waals surface area contributed by atoms with Gasteiger partial charge in [-0.1, -0.05) is 0 Å². The molecule has 0 N–H and O–H groups in total. The van der Waals surface area contributed by atoms with Crippen LogP contribution in [-0.4, -0.2) is 27.4 Å². The number of rotatable bonds is 2. The van der Waals surface area contributed by atoms with Crippen molar-refractivity contribution in [1.82, 2.24) is 0 Å². The Morgan fingerprint density at radius 3 is 2.00 bits per heavy atom. The first-order valence-electron chi connectivity index (χ1n) is 4.63. The van der Waals surface area contributed by atoms with Gasteiger partial charge in [-0.25, -0.2) is 0 Å². The maximum atomic E-state index is 5.74. The van der Waals surface area contributed by atoms with Crippen LogP contribution in [0, 0.1) is 0 Å². The topological polar surface area (TPSA) is 9.23 Å². The van der Waals surface area contributed by atoms with Crippen LogP contribution in [0.1, 0.15) is 20.8 Å². The van der Waals surface area contributed by atoms with Crippen molar-refractivity contribution in [2.24, 2.45) is 0 Å². The fourth-order valence-corrected chi connectivity index (χ4v) is 4.25. The molecule has 0 aliphatic rings. The van der Waals surface area contributed by atoms with E-state index >= 15 is 0 Å². The third kappa shape index (κ3) is 2.20. The van der Waals surface area contributed by atoms with Gasteiger partial charge < -0.3 is 0 Å². The minimum atomic E-state index is -1.61. The van der Waals surface area contributed by atoms with Gasteiger partial charge >= 0.3 is 94.0 Å². The SMILES string of the molecule is COP(=[Se])(c1ccccc1)C(C)(C)C. The van der Waals surface area contributed by atoms with Crippen molar-refractivity contribution in [2.45, 2.75) is 25.9 Å². The molecule has 1 aromatic rings. The Kier molecular flexibility index (Phi) is 3.77. The van der Waals surface area contributed by atoms with Crippen molar-refractivity contribution in [1.29, 1.82) is 0 Å². The first kappa shape index (κ1) is 12.2. The van der Waals surface area contributed by atoms with Crippen molar-refractivity contribution in [2.75, 3.05) is 7.11 Å². The van der Waals surface area contributed by atoms with Crippen LogP contribution in [0.5, 0.6) is 0 Å². The molecule has 0 aromatic heterocycles. The summed E-state index contributed by atoms with van der Waals surface area (Å²) in [4.78, 5) is 0. The molecular weight excluding hydrogens is 258 g/mol. The van der Waals surface area contributed by atoms with Gasteiger partial charge in [-0.2, -0.15) is 0 Å². The number of hydrogen-bond acceptors (Lipinski definition) is 1. The summed E-state index contributed by atoms with van der Waals surface area (Å²) in [6, 6.07) is 10.4. The summed E-state index contributed by atoms with van der Waals surface area (Å²) in [5.74, 6) is 0. The predicted molar refractivity (Wildman–Crippen MR) is 65.5 cm³/mol. The second kappa shape index (κ2) is 4.33. The van der Waals surface area contributed by atoms with Gasteiger partial charge in [-0.05, 0) is 0 Å². The molecule has 0 saturated carbocycles. The van der Waals surface area contributed by atoms with E-state index < -0.39 is 5.74 Å². The van der Waals surface area contributed by atoms with E-state index in [0.717, 1.165) is 0 Å². The normalized spacial score (nSPS) is 16.3. The first-order valence-corrected chi connectivity index (χ1v) is 8.55. The van der Waals surface area contributed by atoms with Gasteiger partial charge in [-0.3, -0.25) is 0 Å². The van der Waals surface area contributed by atoms with E-state index in [2.05, 4.69) is 60.1 Å². The molecule has 0 bridgehead atoms. The van der Waals surface area contributed by atoms with E-state index in [-0.39, 0.29) is 5.16 Å². The van der Waals surface area contributed by atoms with Crippen molar-refractivity contribution < 1.29 is 4.52 Å². The Hall–Kier alpha value is 0.129. The average Bonchev–Trinajstić information content (AvgIpc) is 2.16. The minimum absolute atomic E-state index is 0.142. The molecule has 1 rings (SSSR count). The van der Waals surface area contributed by atoms with Crippen LogP contribution >= 0.6 is 5.74 Å². The van der Waals surface area contributed by atoms with Crippen LogP contribution in [0.3, 0.4) is 0 Å². The molecule has 1 nitrogen and oxygen atoms in total. The molecule has 0 fully saturated rings. The van der Waals surface area contributed by atoms with Crippen LogP contribution in [0.4, 0.5) is 0 Å². The summed E-state index contributed by atoms with van der Waals surface area (Å²) in [5.41, 5.74) is -1.61. The van der Waals surface area contributed by atoms with E-state index in [4.69, 9.17) is 4.52 Å². The zero-order valence-electron chi connectivity index (χ0n) is 9.15. The first-order chi connectivity index (χ1) is 6.42. The van der Waals surface area contributed by atoms with Gasteiger partial charge in [0.2, 0.25) is 0 Å². The standard InChI is InChI=1S/C11H17OPSe/c1-11(2,3)13(14,12-4)10-8-6-5-7-9-10/h5-9H,1-4H3. The van der Waals surface area contributed by atoms with Gasteiger partial charge in [0.15, 0.2) is 0 Å². The number of hydrogen-bond donors (Lipinski definition) is 0. The van der Waals surface area contributed by atoms with Crippen molar-refractivity contribution in [3.8, 4) is 0 Å². The van der Waals surface area contributed by atoms with Crippen LogP contribution in [0.2, 0.25) is 0 Å². The summed E-state index contributed by atoms with van der Waals surface area (Å²) in [7, 11) is 1.79. The summed E-state index contributed by atoms with van der Waals surface area (Å²) < 4.78 is 5.74. The zero-order chi connectivity index (χ0) is 10.8. The fraction of sp³-hybridized carbons (Fsp3) is 0.455. The average molecular weight is 275 g/mol. The van der Waals surface area contributed by atoms with E-state index in [1.54, 1.807) is 7.11 Å². The molecule has 0 aliphatic carbocycles. The fourth-order valence-electron chi connectivity index (χ4n) is 1.39. The Morgan fingerprint density at radius 1 is 1.14 bits per heavy atom. The van der Waals surface area contributed by atoms with Gasteiger partial charge in [0.1, 0.15) is 0 Å². The summed E-state index contributed by atoms with van der Waals surface area (Å²) >= 11 is 3.29. The predicted octanol–water partition coefficient (Wildman–Crippen LogP) is 2.77. The van der Waals surface area contributed by atoms with Gasteiger partial charge in [0.05, 0.1) is 0 Å². The van der Waals surface area contributed by atoms with Crippen LogP contribution in [0.25, 0.3) is 0 Å². The van der Waals surface area contributed by atoms with Gasteiger partial charge in [0.25, 0.3) is 0 Å². The van der Waals surface area contributed by atoms with Crippen LogP contribution in [-0.2, 0) is 4.52 Å². The molecule has 1 atom stereocenters. The monoisotopic (exact) mass is 276 g/mol. The van der Waals surface area contributed by atoms with Gasteiger partial charge in [0, 0.05) is 0 Å². The molecule has 1 aromatic carbocycles. The third-order valence-corrected chi connectivity index (χ3v) is 11.2. The summed E-state index contributed by atoms with van der Waals surface area (Å²) in [5, 5.41) is 1.43. The van der Waals surface area contributed by atoms with Crippen molar-refractivity contribution >= 4 is 26.1 Å². The quantitative estimate of drug-likeness (QED) is 0.595. The molecule has 78 valence electrons. The van der Waals surface area contributed by atoms with Crippen LogP contribution in [0.15, 0.2) is 30.3 Å². The molecule has 0 spiro atoms. The Morgan fingerprint density at radius 2 is 1.64 bits per heavy atom. The molecule has 0 aliphatic heterocycles. The van der Waals surface area contributed by atoms with E-state index in [9.17, 15) is 0 Å². The zero-order valence-corrected chi connectivity index (χ0v) is 11.8. The molecule has 0 heterocycles. The molecule has 1 unspecified atom stereocenters. The van der Waals surface area contributed by atoms with Gasteiger partial charge in [-0.15, -0.1) is 0 Å². The Labute approximate surface area is 94.2 Å². The second-order valence-electron chi connectivity index (χ2n) is 4.24. The molecule has 3 heteroatoms. The maximum absolute atomic E-state index is 5.74. The molecule has 0 saturated heterocycles. The van der Waals surface area contributed by atoms with Crippen LogP contribution < -0.4 is 5.30 Å². The Bertz CT molecular complexity index is 340. The second-order valence-corrected chi connectivity index (χ2v) is 10.8. The van der Waals surface area contributed by atoms with Crippen molar-refractivity contribution in [3.05, 3.63) is 30.3 Å².